The number of carbonyl (C=O) groups excluding carboxylic acids is 1. The van der Waals surface area contributed by atoms with Gasteiger partial charge in [0, 0.05) is 32.2 Å². The van der Waals surface area contributed by atoms with Gasteiger partial charge in [-0.2, -0.15) is 4.31 Å². The van der Waals surface area contributed by atoms with Crippen molar-refractivity contribution in [2.45, 2.75) is 32.2 Å². The lowest BCUT2D eigenvalue weighted by Gasteiger charge is -2.25. The van der Waals surface area contributed by atoms with Crippen LogP contribution in [0.4, 0.5) is 5.13 Å². The number of carbonyl (C=O) groups is 1. The summed E-state index contributed by atoms with van der Waals surface area (Å²) in [6, 6.07) is 21.3. The van der Waals surface area contributed by atoms with Crippen LogP contribution in [0.3, 0.4) is 0 Å². The molecule has 3 aromatic carbocycles. The predicted molar refractivity (Wildman–Crippen MR) is 169 cm³/mol. The molecule has 11 heteroatoms. The van der Waals surface area contributed by atoms with E-state index >= 15 is 0 Å². The van der Waals surface area contributed by atoms with Crippen LogP contribution in [0.5, 0.6) is 5.75 Å². The number of hydrogen-bond acceptors (Lipinski definition) is 7. The summed E-state index contributed by atoms with van der Waals surface area (Å²) < 4.78 is 34.3. The van der Waals surface area contributed by atoms with E-state index in [0.29, 0.717) is 30.4 Å². The van der Waals surface area contributed by atoms with Crippen molar-refractivity contribution in [3.8, 4) is 5.75 Å². The van der Waals surface area contributed by atoms with Gasteiger partial charge in [-0.25, -0.2) is 13.4 Å². The molecule has 1 heterocycles. The van der Waals surface area contributed by atoms with Crippen molar-refractivity contribution in [2.24, 2.45) is 0 Å². The second-order valence-corrected chi connectivity index (χ2v) is 12.4. The van der Waals surface area contributed by atoms with Gasteiger partial charge in [-0.05, 0) is 68.0 Å². The number of likely N-dealkylation sites (N-methyl/N-ethyl adjacent to an activating group) is 1. The first-order chi connectivity index (χ1) is 19.3. The minimum absolute atomic E-state index is 0. The smallest absolute Gasteiger partial charge is 0.260 e. The van der Waals surface area contributed by atoms with Gasteiger partial charge >= 0.3 is 0 Å². The molecule has 41 heavy (non-hydrogen) atoms. The van der Waals surface area contributed by atoms with Crippen LogP contribution in [0.2, 0.25) is 0 Å². The van der Waals surface area contributed by atoms with E-state index in [2.05, 4.69) is 18.7 Å². The Morgan fingerprint density at radius 3 is 2.24 bits per heavy atom. The summed E-state index contributed by atoms with van der Waals surface area (Å²) in [4.78, 5) is 22.6. The van der Waals surface area contributed by atoms with Crippen LogP contribution in [0.25, 0.3) is 10.2 Å². The number of hydrogen-bond donors (Lipinski definition) is 0. The number of ether oxygens (including phenoxy) is 1. The molecule has 1 aromatic heterocycles. The largest absolute Gasteiger partial charge is 0.494 e. The molecule has 0 saturated heterocycles. The highest BCUT2D eigenvalue weighted by Crippen LogP contribution is 2.32. The van der Waals surface area contributed by atoms with Crippen molar-refractivity contribution in [1.82, 2.24) is 14.2 Å². The second-order valence-electron chi connectivity index (χ2n) is 9.31. The zero-order valence-electron chi connectivity index (χ0n) is 23.8. The van der Waals surface area contributed by atoms with Crippen LogP contribution in [-0.4, -0.2) is 68.3 Å². The number of benzene rings is 3. The molecule has 0 fully saturated rings. The summed E-state index contributed by atoms with van der Waals surface area (Å²) in [5, 5.41) is 0.597. The fourth-order valence-corrected chi connectivity index (χ4v) is 6.54. The molecular weight excluding hydrogens is 580 g/mol. The molecule has 0 saturated carbocycles. The Morgan fingerprint density at radius 2 is 1.61 bits per heavy atom. The van der Waals surface area contributed by atoms with E-state index < -0.39 is 10.0 Å². The van der Waals surface area contributed by atoms with Gasteiger partial charge in [0.2, 0.25) is 10.0 Å². The molecule has 0 radical (unpaired) electrons. The van der Waals surface area contributed by atoms with Crippen LogP contribution >= 0.6 is 23.7 Å². The molecule has 0 atom stereocenters. The number of anilines is 1. The third-order valence-corrected chi connectivity index (χ3v) is 9.59. The fraction of sp³-hybridized carbons (Fsp3) is 0.333. The van der Waals surface area contributed by atoms with Gasteiger partial charge in [-0.3, -0.25) is 9.69 Å². The third kappa shape index (κ3) is 7.84. The summed E-state index contributed by atoms with van der Waals surface area (Å²) in [6.07, 6.45) is 0. The molecule has 0 N–H and O–H groups in total. The lowest BCUT2D eigenvalue weighted by Crippen LogP contribution is -2.38. The Bertz CT molecular complexity index is 1530. The maximum Gasteiger partial charge on any atom is 0.260 e. The average molecular weight is 617 g/mol. The van der Waals surface area contributed by atoms with Crippen molar-refractivity contribution in [2.75, 3.05) is 44.7 Å². The van der Waals surface area contributed by atoms with Crippen LogP contribution < -0.4 is 9.64 Å². The van der Waals surface area contributed by atoms with Crippen LogP contribution in [0.1, 0.15) is 36.7 Å². The molecule has 0 unspecified atom stereocenters. The Kier molecular flexibility index (Phi) is 11.7. The molecule has 4 aromatic rings. The monoisotopic (exact) mass is 616 g/mol. The maximum absolute atomic E-state index is 13.8. The van der Waals surface area contributed by atoms with Gasteiger partial charge in [-0.1, -0.05) is 55.5 Å². The lowest BCUT2D eigenvalue weighted by molar-refractivity contribution is 0.0983. The van der Waals surface area contributed by atoms with E-state index in [4.69, 9.17) is 9.72 Å². The zero-order chi connectivity index (χ0) is 28.7. The van der Waals surface area contributed by atoms with Gasteiger partial charge in [0.15, 0.2) is 5.13 Å². The highest BCUT2D eigenvalue weighted by Gasteiger charge is 2.25. The van der Waals surface area contributed by atoms with Gasteiger partial charge in [0.1, 0.15) is 5.75 Å². The first-order valence-corrected chi connectivity index (χ1v) is 15.7. The molecule has 0 spiro atoms. The average Bonchev–Trinajstić information content (AvgIpc) is 3.39. The molecule has 0 aliphatic heterocycles. The zero-order valence-corrected chi connectivity index (χ0v) is 26.3. The van der Waals surface area contributed by atoms with E-state index in [0.717, 1.165) is 34.6 Å². The first-order valence-electron chi connectivity index (χ1n) is 13.4. The quantitative estimate of drug-likeness (QED) is 0.185. The number of nitrogens with zero attached hydrogens (tertiary/aromatic N) is 4. The van der Waals surface area contributed by atoms with Crippen molar-refractivity contribution in [3.63, 3.8) is 0 Å². The van der Waals surface area contributed by atoms with Crippen molar-refractivity contribution in [1.29, 1.82) is 0 Å². The first kappa shape index (κ1) is 32.5. The number of thiazole rings is 1. The molecule has 0 aliphatic rings. The Hall–Kier alpha value is -3.02. The Balaban J connectivity index is 0.00000462. The summed E-state index contributed by atoms with van der Waals surface area (Å²) in [5.41, 5.74) is 2.10. The third-order valence-electron chi connectivity index (χ3n) is 6.73. The number of amides is 1. The number of fused-ring (bicyclic) bond motifs is 1. The van der Waals surface area contributed by atoms with Crippen LogP contribution in [-0.2, 0) is 16.6 Å². The Labute approximate surface area is 253 Å². The standard InChI is InChI=1S/C30H36N4O4S2.ClH/c1-5-33(6-2)19-20-34(30-31-27-18-15-25(38-7-3)21-28(27)39-30)29(35)24-13-16-26(17-14-24)40(36,37)32(4)22-23-11-9-8-10-12-23;/h8-18,21H,5-7,19-20,22H2,1-4H3;1H. The molecule has 1 amide bonds. The number of rotatable bonds is 13. The number of aromatic nitrogens is 1. The van der Waals surface area contributed by atoms with E-state index in [-0.39, 0.29) is 29.8 Å². The van der Waals surface area contributed by atoms with Crippen molar-refractivity contribution < 1.29 is 17.9 Å². The number of sulfonamides is 1. The van der Waals surface area contributed by atoms with Crippen molar-refractivity contribution >= 4 is 55.0 Å². The molecule has 8 nitrogen and oxygen atoms in total. The lowest BCUT2D eigenvalue weighted by atomic mass is 10.2. The highest BCUT2D eigenvalue weighted by molar-refractivity contribution is 7.89. The topological polar surface area (TPSA) is 83.0 Å². The molecule has 220 valence electrons. The fourth-order valence-electron chi connectivity index (χ4n) is 4.36. The van der Waals surface area contributed by atoms with Gasteiger partial charge in [-0.15, -0.1) is 12.4 Å². The minimum Gasteiger partial charge on any atom is -0.494 e. The van der Waals surface area contributed by atoms with E-state index in [1.165, 1.54) is 27.8 Å². The summed E-state index contributed by atoms with van der Waals surface area (Å²) >= 11 is 1.44. The minimum atomic E-state index is -3.73. The second kappa shape index (κ2) is 14.7. The van der Waals surface area contributed by atoms with Gasteiger partial charge < -0.3 is 9.64 Å². The molecule has 0 aliphatic carbocycles. The van der Waals surface area contributed by atoms with Crippen molar-refractivity contribution in [3.05, 3.63) is 83.9 Å². The van der Waals surface area contributed by atoms with E-state index in [1.54, 1.807) is 24.1 Å². The van der Waals surface area contributed by atoms with E-state index in [1.807, 2.05) is 55.5 Å². The van der Waals surface area contributed by atoms with Gasteiger partial charge in [0.25, 0.3) is 5.91 Å². The molecule has 0 bridgehead atoms. The summed E-state index contributed by atoms with van der Waals surface area (Å²) in [5.74, 6) is 0.540. The number of halogens is 1. The van der Waals surface area contributed by atoms with Crippen LogP contribution in [0, 0.1) is 0 Å². The SMILES string of the molecule is CCOc1ccc2nc(N(CCN(CC)CC)C(=O)c3ccc(S(=O)(=O)N(C)Cc4ccccc4)cc3)sc2c1.Cl. The summed E-state index contributed by atoms with van der Waals surface area (Å²) in [6.45, 7) is 9.85. The normalized spacial score (nSPS) is 11.6. The van der Waals surface area contributed by atoms with E-state index in [9.17, 15) is 13.2 Å². The van der Waals surface area contributed by atoms with Crippen LogP contribution in [0.15, 0.2) is 77.7 Å². The predicted octanol–water partition coefficient (Wildman–Crippen LogP) is 5.93. The highest BCUT2D eigenvalue weighted by atomic mass is 35.5. The molecular formula is C30H37ClN4O4S2. The Morgan fingerprint density at radius 1 is 0.927 bits per heavy atom. The maximum atomic E-state index is 13.8. The molecule has 4 rings (SSSR count). The summed E-state index contributed by atoms with van der Waals surface area (Å²) in [7, 11) is -2.17. The van der Waals surface area contributed by atoms with Gasteiger partial charge in [0.05, 0.1) is 21.7 Å².